The fourth-order valence-electron chi connectivity index (χ4n) is 3.10. The van der Waals surface area contributed by atoms with Crippen molar-refractivity contribution in [3.63, 3.8) is 0 Å². The topological polar surface area (TPSA) is 93.7 Å². The molecular weight excluding hydrogens is 480 g/mol. The number of unbranched alkanes of at least 4 members (excludes halogenated alkanes) is 2. The van der Waals surface area contributed by atoms with Crippen molar-refractivity contribution >= 4 is 29.2 Å². The Hall–Kier alpha value is -3.35. The molecule has 0 bridgehead atoms. The van der Waals surface area contributed by atoms with Crippen LogP contribution in [0.1, 0.15) is 84.8 Å². The van der Waals surface area contributed by atoms with Crippen LogP contribution in [0.4, 0.5) is 11.4 Å². The summed E-state index contributed by atoms with van der Waals surface area (Å²) < 4.78 is 10.3. The number of anilines is 2. The summed E-state index contributed by atoms with van der Waals surface area (Å²) in [4.78, 5) is 34.1. The van der Waals surface area contributed by atoms with E-state index >= 15 is 0 Å². The Morgan fingerprint density at radius 1 is 0.684 bits per heavy atom. The van der Waals surface area contributed by atoms with E-state index in [1.165, 1.54) is 19.3 Å². The molecule has 210 valence electrons. The molecule has 0 aromatic heterocycles. The number of hydrogen-bond acceptors (Lipinski definition) is 6. The average Bonchev–Trinajstić information content (AvgIpc) is 2.90. The number of benzene rings is 2. The standard InChI is InChI=1S/C16H25NO2.C15H21NO3/c1-4-5-6-11-17-15-9-7-14(8-10-15)12-19-16(18)13(2)3;1-4-5-14(17)16-13-8-6-12(7-9-13)10-19-15(18)11(2)3/h7-10,13,17H,4-6,11-12H2,1-3H3;6-9,11H,4-5,10H2,1-3H3,(H,16,17). The van der Waals surface area contributed by atoms with E-state index < -0.39 is 0 Å². The van der Waals surface area contributed by atoms with Gasteiger partial charge < -0.3 is 20.1 Å². The minimum absolute atomic E-state index is 0.0153. The first-order chi connectivity index (χ1) is 18.2. The van der Waals surface area contributed by atoms with Crippen LogP contribution in [-0.4, -0.2) is 24.4 Å². The Balaban J connectivity index is 0.000000380. The Morgan fingerprint density at radius 2 is 1.16 bits per heavy atom. The molecule has 0 radical (unpaired) electrons. The van der Waals surface area contributed by atoms with Crippen molar-refractivity contribution < 1.29 is 23.9 Å². The first kappa shape index (κ1) is 32.7. The van der Waals surface area contributed by atoms with Crippen molar-refractivity contribution in [3.05, 3.63) is 59.7 Å². The van der Waals surface area contributed by atoms with E-state index in [9.17, 15) is 14.4 Å². The van der Waals surface area contributed by atoms with Crippen LogP contribution in [-0.2, 0) is 37.1 Å². The van der Waals surface area contributed by atoms with Gasteiger partial charge in [-0.3, -0.25) is 14.4 Å². The van der Waals surface area contributed by atoms with Crippen LogP contribution in [0, 0.1) is 11.8 Å². The van der Waals surface area contributed by atoms with Gasteiger partial charge in [0, 0.05) is 24.3 Å². The van der Waals surface area contributed by atoms with Crippen LogP contribution in [0.3, 0.4) is 0 Å². The van der Waals surface area contributed by atoms with E-state index in [0.717, 1.165) is 35.5 Å². The van der Waals surface area contributed by atoms with Crippen LogP contribution in [0.25, 0.3) is 0 Å². The van der Waals surface area contributed by atoms with Crippen LogP contribution >= 0.6 is 0 Å². The summed E-state index contributed by atoms with van der Waals surface area (Å²) in [5.74, 6) is -0.532. The summed E-state index contributed by atoms with van der Waals surface area (Å²) in [6.45, 7) is 13.1. The molecule has 7 heteroatoms. The fraction of sp³-hybridized carbons (Fsp3) is 0.516. The Morgan fingerprint density at radius 3 is 1.58 bits per heavy atom. The maximum atomic E-state index is 11.4. The van der Waals surface area contributed by atoms with Gasteiger partial charge in [-0.2, -0.15) is 0 Å². The zero-order chi connectivity index (χ0) is 28.3. The summed E-state index contributed by atoms with van der Waals surface area (Å²) in [6, 6.07) is 15.4. The summed E-state index contributed by atoms with van der Waals surface area (Å²) in [7, 11) is 0. The minimum Gasteiger partial charge on any atom is -0.461 e. The molecule has 0 fully saturated rings. The number of hydrogen-bond donors (Lipinski definition) is 2. The third-order valence-electron chi connectivity index (χ3n) is 5.48. The highest BCUT2D eigenvalue weighted by Gasteiger charge is 2.09. The highest BCUT2D eigenvalue weighted by Crippen LogP contribution is 2.13. The zero-order valence-corrected chi connectivity index (χ0v) is 24.0. The van der Waals surface area contributed by atoms with Crippen molar-refractivity contribution in [3.8, 4) is 0 Å². The van der Waals surface area contributed by atoms with Gasteiger partial charge in [-0.25, -0.2) is 0 Å². The smallest absolute Gasteiger partial charge is 0.308 e. The molecule has 7 nitrogen and oxygen atoms in total. The molecule has 0 aliphatic rings. The molecule has 0 saturated carbocycles. The molecule has 2 N–H and O–H groups in total. The number of carbonyl (C=O) groups excluding carboxylic acids is 3. The minimum atomic E-state index is -0.208. The van der Waals surface area contributed by atoms with Crippen LogP contribution in [0.2, 0.25) is 0 Å². The number of carbonyl (C=O) groups is 3. The predicted octanol–water partition coefficient (Wildman–Crippen LogP) is 7.11. The monoisotopic (exact) mass is 526 g/mol. The highest BCUT2D eigenvalue weighted by molar-refractivity contribution is 5.90. The lowest BCUT2D eigenvalue weighted by Gasteiger charge is -2.09. The molecule has 2 rings (SSSR count). The van der Waals surface area contributed by atoms with E-state index in [1.54, 1.807) is 13.8 Å². The SMILES string of the molecule is CCCC(=O)Nc1ccc(COC(=O)C(C)C)cc1.CCCCCNc1ccc(COC(=O)C(C)C)cc1. The Kier molecular flexibility index (Phi) is 16.2. The highest BCUT2D eigenvalue weighted by atomic mass is 16.5. The van der Waals surface area contributed by atoms with Gasteiger partial charge in [0.15, 0.2) is 0 Å². The van der Waals surface area contributed by atoms with Gasteiger partial charge in [0.25, 0.3) is 0 Å². The van der Waals surface area contributed by atoms with Crippen molar-refractivity contribution in [1.29, 1.82) is 0 Å². The molecule has 0 spiro atoms. The molecule has 0 saturated heterocycles. The van der Waals surface area contributed by atoms with Crippen molar-refractivity contribution in [2.75, 3.05) is 17.2 Å². The predicted molar refractivity (Wildman–Crippen MR) is 154 cm³/mol. The van der Waals surface area contributed by atoms with Gasteiger partial charge in [0.2, 0.25) is 5.91 Å². The number of esters is 2. The van der Waals surface area contributed by atoms with Gasteiger partial charge >= 0.3 is 11.9 Å². The van der Waals surface area contributed by atoms with Crippen molar-refractivity contribution in [1.82, 2.24) is 0 Å². The first-order valence-corrected chi connectivity index (χ1v) is 13.7. The van der Waals surface area contributed by atoms with Crippen LogP contribution < -0.4 is 10.6 Å². The lowest BCUT2D eigenvalue weighted by atomic mass is 10.2. The zero-order valence-electron chi connectivity index (χ0n) is 24.0. The van der Waals surface area contributed by atoms with Crippen LogP contribution in [0.5, 0.6) is 0 Å². The second-order valence-corrected chi connectivity index (χ2v) is 9.85. The Labute approximate surface area is 228 Å². The summed E-state index contributed by atoms with van der Waals surface area (Å²) in [5.41, 5.74) is 3.81. The number of ether oxygens (including phenoxy) is 2. The molecule has 0 heterocycles. The van der Waals surface area contributed by atoms with Gasteiger partial charge in [0.05, 0.1) is 11.8 Å². The number of nitrogens with one attached hydrogen (secondary N) is 2. The van der Waals surface area contributed by atoms with E-state index in [1.807, 2.05) is 69.3 Å². The normalized spacial score (nSPS) is 10.4. The quantitative estimate of drug-likeness (QED) is 0.201. The second-order valence-electron chi connectivity index (χ2n) is 9.85. The van der Waals surface area contributed by atoms with Gasteiger partial charge in [-0.05, 0) is 48.2 Å². The van der Waals surface area contributed by atoms with E-state index in [0.29, 0.717) is 13.0 Å². The molecule has 2 aromatic carbocycles. The molecule has 0 atom stereocenters. The first-order valence-electron chi connectivity index (χ1n) is 13.7. The summed E-state index contributed by atoms with van der Waals surface area (Å²) in [5, 5.41) is 6.19. The molecule has 0 aliphatic carbocycles. The lowest BCUT2D eigenvalue weighted by Crippen LogP contribution is -2.12. The summed E-state index contributed by atoms with van der Waals surface area (Å²) >= 11 is 0. The molecule has 2 aromatic rings. The molecule has 0 aliphatic heterocycles. The second kappa shape index (κ2) is 18.8. The average molecular weight is 527 g/mol. The van der Waals surface area contributed by atoms with Gasteiger partial charge in [-0.15, -0.1) is 0 Å². The lowest BCUT2D eigenvalue weighted by molar-refractivity contribution is -0.149. The number of amides is 1. The molecule has 0 unspecified atom stereocenters. The van der Waals surface area contributed by atoms with Crippen LogP contribution in [0.15, 0.2) is 48.5 Å². The largest absolute Gasteiger partial charge is 0.461 e. The molecule has 38 heavy (non-hydrogen) atoms. The van der Waals surface area contributed by atoms with E-state index in [2.05, 4.69) is 17.6 Å². The maximum absolute atomic E-state index is 11.4. The van der Waals surface area contributed by atoms with E-state index in [-0.39, 0.29) is 36.3 Å². The van der Waals surface area contributed by atoms with Crippen molar-refractivity contribution in [2.45, 2.75) is 86.9 Å². The molecular formula is C31H46N2O5. The number of rotatable bonds is 14. The third kappa shape index (κ3) is 14.4. The van der Waals surface area contributed by atoms with Crippen molar-refractivity contribution in [2.24, 2.45) is 11.8 Å². The molecule has 1 amide bonds. The summed E-state index contributed by atoms with van der Waals surface area (Å²) in [6.07, 6.45) is 5.05. The Bertz CT molecular complexity index is 953. The maximum Gasteiger partial charge on any atom is 0.308 e. The van der Waals surface area contributed by atoms with Gasteiger partial charge in [0.1, 0.15) is 13.2 Å². The van der Waals surface area contributed by atoms with E-state index in [4.69, 9.17) is 9.47 Å². The van der Waals surface area contributed by atoms with Gasteiger partial charge in [-0.1, -0.05) is 78.6 Å². The third-order valence-corrected chi connectivity index (χ3v) is 5.48. The fourth-order valence-corrected chi connectivity index (χ4v) is 3.10.